The van der Waals surface area contributed by atoms with E-state index in [0.29, 0.717) is 0 Å². The van der Waals surface area contributed by atoms with Gasteiger partial charge in [-0.05, 0) is 44.9 Å². The number of nitrogens with zero attached hydrogens (tertiary/aromatic N) is 5. The molecule has 2 heterocycles. The summed E-state index contributed by atoms with van der Waals surface area (Å²) in [5.41, 5.74) is 4.82. The number of aromatic nitrogens is 2. The summed E-state index contributed by atoms with van der Waals surface area (Å²) in [5.74, 6) is 1.94. The Morgan fingerprint density at radius 1 is 1.17 bits per heavy atom. The highest BCUT2D eigenvalue weighted by atomic mass is 127. The minimum Gasteiger partial charge on any atom is -0.495 e. The van der Waals surface area contributed by atoms with E-state index in [0.717, 1.165) is 63.1 Å². The van der Waals surface area contributed by atoms with Crippen LogP contribution in [0.4, 0.5) is 5.69 Å². The van der Waals surface area contributed by atoms with Gasteiger partial charge in [-0.2, -0.15) is 5.10 Å². The first-order valence-corrected chi connectivity index (χ1v) is 10.5. The number of rotatable bonds is 6. The molecule has 0 radical (unpaired) electrons. The summed E-state index contributed by atoms with van der Waals surface area (Å²) in [6.07, 6.45) is 0.918. The van der Waals surface area contributed by atoms with Gasteiger partial charge in [0.05, 0.1) is 18.5 Å². The van der Waals surface area contributed by atoms with Gasteiger partial charge in [-0.15, -0.1) is 24.0 Å². The fraction of sp³-hybridized carbons (Fsp3) is 0.545. The van der Waals surface area contributed by atoms with Crippen LogP contribution < -0.4 is 15.0 Å². The SMILES string of the molecule is CCNC(=NCCc1c(C)nn(C)c1C)N1CCN(c2ccccc2OC)CC1.I. The number of guanidine groups is 1. The van der Waals surface area contributed by atoms with Crippen molar-refractivity contribution in [2.45, 2.75) is 27.2 Å². The maximum atomic E-state index is 5.53. The molecule has 1 fully saturated rings. The Balaban J connectivity index is 0.00000320. The lowest BCUT2D eigenvalue weighted by Gasteiger charge is -2.38. The van der Waals surface area contributed by atoms with Crippen molar-refractivity contribution >= 4 is 35.6 Å². The first-order chi connectivity index (χ1) is 14.0. The van der Waals surface area contributed by atoms with Crippen molar-refractivity contribution in [1.82, 2.24) is 20.0 Å². The van der Waals surface area contributed by atoms with Crippen molar-refractivity contribution in [3.05, 3.63) is 41.2 Å². The lowest BCUT2D eigenvalue weighted by atomic mass is 10.1. The first-order valence-electron chi connectivity index (χ1n) is 10.5. The van der Waals surface area contributed by atoms with Crippen molar-refractivity contribution in [1.29, 1.82) is 0 Å². The van der Waals surface area contributed by atoms with Crippen LogP contribution in [0.15, 0.2) is 29.3 Å². The largest absolute Gasteiger partial charge is 0.495 e. The van der Waals surface area contributed by atoms with E-state index in [1.54, 1.807) is 7.11 Å². The Bertz CT molecular complexity index is 842. The summed E-state index contributed by atoms with van der Waals surface area (Å²) < 4.78 is 7.48. The van der Waals surface area contributed by atoms with E-state index in [9.17, 15) is 0 Å². The molecule has 166 valence electrons. The van der Waals surface area contributed by atoms with Gasteiger partial charge in [0.2, 0.25) is 0 Å². The Morgan fingerprint density at radius 3 is 2.47 bits per heavy atom. The van der Waals surface area contributed by atoms with Crippen molar-refractivity contribution in [2.75, 3.05) is 51.3 Å². The normalized spacial score (nSPS) is 14.5. The van der Waals surface area contributed by atoms with E-state index in [1.165, 1.54) is 16.9 Å². The topological polar surface area (TPSA) is 57.9 Å². The third-order valence-electron chi connectivity index (χ3n) is 5.62. The minimum absolute atomic E-state index is 0. The first kappa shape index (κ1) is 24.3. The number of benzene rings is 1. The Morgan fingerprint density at radius 2 is 1.87 bits per heavy atom. The molecule has 0 aliphatic carbocycles. The van der Waals surface area contributed by atoms with Crippen molar-refractivity contribution in [2.24, 2.45) is 12.0 Å². The minimum atomic E-state index is 0. The summed E-state index contributed by atoms with van der Waals surface area (Å²) in [6, 6.07) is 8.24. The zero-order chi connectivity index (χ0) is 20.8. The molecule has 1 aliphatic heterocycles. The summed E-state index contributed by atoms with van der Waals surface area (Å²) in [7, 11) is 3.73. The van der Waals surface area contributed by atoms with Crippen LogP contribution in [0.1, 0.15) is 23.9 Å². The number of nitrogens with one attached hydrogen (secondary N) is 1. The van der Waals surface area contributed by atoms with E-state index in [2.05, 4.69) is 53.1 Å². The van der Waals surface area contributed by atoms with Gasteiger partial charge in [-0.1, -0.05) is 12.1 Å². The standard InChI is InChI=1S/C22H34N6O.HI/c1-6-23-22(24-12-11-19-17(2)25-26(4)18(19)3)28-15-13-27(14-16-28)20-9-7-8-10-21(20)29-5;/h7-10H,6,11-16H2,1-5H3,(H,23,24);1H. The number of hydrogen-bond donors (Lipinski definition) is 1. The Kier molecular flexibility index (Phi) is 9.26. The molecule has 0 bridgehead atoms. The Hall–Kier alpha value is -1.97. The van der Waals surface area contributed by atoms with Gasteiger partial charge in [0.15, 0.2) is 5.96 Å². The predicted octanol–water partition coefficient (Wildman–Crippen LogP) is 2.99. The molecule has 7 nitrogen and oxygen atoms in total. The number of anilines is 1. The zero-order valence-corrected chi connectivity index (χ0v) is 21.1. The lowest BCUT2D eigenvalue weighted by molar-refractivity contribution is 0.367. The number of para-hydroxylation sites is 2. The smallest absolute Gasteiger partial charge is 0.194 e. The molecule has 0 saturated carbocycles. The third-order valence-corrected chi connectivity index (χ3v) is 5.62. The highest BCUT2D eigenvalue weighted by Gasteiger charge is 2.21. The van der Waals surface area contributed by atoms with E-state index in [4.69, 9.17) is 9.73 Å². The van der Waals surface area contributed by atoms with Crippen LogP contribution in [-0.4, -0.2) is 67.0 Å². The summed E-state index contributed by atoms with van der Waals surface area (Å²) >= 11 is 0. The van der Waals surface area contributed by atoms with Crippen LogP contribution in [-0.2, 0) is 13.5 Å². The Labute approximate surface area is 197 Å². The highest BCUT2D eigenvalue weighted by molar-refractivity contribution is 14.0. The second kappa shape index (κ2) is 11.4. The molecule has 8 heteroatoms. The number of aliphatic imine (C=N–C) groups is 1. The zero-order valence-electron chi connectivity index (χ0n) is 18.8. The van der Waals surface area contributed by atoms with Crippen molar-refractivity contribution < 1.29 is 4.74 Å². The van der Waals surface area contributed by atoms with Gasteiger partial charge in [-0.3, -0.25) is 9.67 Å². The van der Waals surface area contributed by atoms with Crippen molar-refractivity contribution in [3.63, 3.8) is 0 Å². The molecular formula is C22H35IN6O. The van der Waals surface area contributed by atoms with Crippen LogP contribution in [0.2, 0.25) is 0 Å². The molecule has 1 aliphatic rings. The van der Waals surface area contributed by atoms with Gasteiger partial charge in [0.1, 0.15) is 5.75 Å². The van der Waals surface area contributed by atoms with Crippen LogP contribution in [0.3, 0.4) is 0 Å². The number of hydrogen-bond acceptors (Lipinski definition) is 4. The molecule has 0 spiro atoms. The molecule has 0 unspecified atom stereocenters. The van der Waals surface area contributed by atoms with Gasteiger partial charge < -0.3 is 19.9 Å². The number of ether oxygens (including phenoxy) is 1. The molecule has 30 heavy (non-hydrogen) atoms. The van der Waals surface area contributed by atoms with Gasteiger partial charge in [0.25, 0.3) is 0 Å². The van der Waals surface area contributed by atoms with Gasteiger partial charge >= 0.3 is 0 Å². The molecule has 3 rings (SSSR count). The fourth-order valence-corrected chi connectivity index (χ4v) is 3.93. The van der Waals surface area contributed by atoms with Crippen LogP contribution in [0, 0.1) is 13.8 Å². The van der Waals surface area contributed by atoms with Gasteiger partial charge in [-0.25, -0.2) is 0 Å². The molecule has 1 aromatic heterocycles. The number of piperazine rings is 1. The molecule has 1 aromatic carbocycles. The summed E-state index contributed by atoms with van der Waals surface area (Å²) in [4.78, 5) is 9.66. The average molecular weight is 526 g/mol. The molecule has 0 atom stereocenters. The summed E-state index contributed by atoms with van der Waals surface area (Å²) in [5, 5.41) is 7.97. The highest BCUT2D eigenvalue weighted by Crippen LogP contribution is 2.28. The second-order valence-corrected chi connectivity index (χ2v) is 7.40. The third kappa shape index (κ3) is 5.59. The predicted molar refractivity (Wildman–Crippen MR) is 135 cm³/mol. The average Bonchev–Trinajstić information content (AvgIpc) is 2.99. The molecular weight excluding hydrogens is 491 g/mol. The number of methoxy groups -OCH3 is 1. The number of halogens is 1. The fourth-order valence-electron chi connectivity index (χ4n) is 3.93. The maximum absolute atomic E-state index is 5.53. The van der Waals surface area contributed by atoms with E-state index >= 15 is 0 Å². The second-order valence-electron chi connectivity index (χ2n) is 7.40. The van der Waals surface area contributed by atoms with Crippen molar-refractivity contribution in [3.8, 4) is 5.75 Å². The van der Waals surface area contributed by atoms with E-state index < -0.39 is 0 Å². The molecule has 2 aromatic rings. The quantitative estimate of drug-likeness (QED) is 0.357. The van der Waals surface area contributed by atoms with E-state index in [-0.39, 0.29) is 24.0 Å². The van der Waals surface area contributed by atoms with Gasteiger partial charge in [0, 0.05) is 52.0 Å². The van der Waals surface area contributed by atoms with Crippen LogP contribution in [0.5, 0.6) is 5.75 Å². The van der Waals surface area contributed by atoms with Crippen LogP contribution in [0.25, 0.3) is 0 Å². The van der Waals surface area contributed by atoms with E-state index in [1.807, 2.05) is 23.9 Å². The summed E-state index contributed by atoms with van der Waals surface area (Å²) in [6.45, 7) is 11.7. The maximum Gasteiger partial charge on any atom is 0.194 e. The monoisotopic (exact) mass is 526 g/mol. The van der Waals surface area contributed by atoms with Crippen LogP contribution >= 0.6 is 24.0 Å². The molecule has 0 amide bonds. The lowest BCUT2D eigenvalue weighted by Crippen LogP contribution is -2.52. The molecule has 1 N–H and O–H groups in total. The molecule has 1 saturated heterocycles. The number of aryl methyl sites for hydroxylation is 2.